The Labute approximate surface area is 219 Å². The lowest BCUT2D eigenvalue weighted by Crippen LogP contribution is -2.43. The molecule has 0 bridgehead atoms. The van der Waals surface area contributed by atoms with Gasteiger partial charge in [-0.25, -0.2) is 8.42 Å². The first-order valence-corrected chi connectivity index (χ1v) is 14.1. The summed E-state index contributed by atoms with van der Waals surface area (Å²) in [5, 5.41) is 6.59. The molecule has 2 aliphatic heterocycles. The molecule has 5 rings (SSSR count). The van der Waals surface area contributed by atoms with Crippen LogP contribution in [0.5, 0.6) is 0 Å². The topological polar surface area (TPSA) is 143 Å². The Bertz CT molecular complexity index is 1460. The summed E-state index contributed by atoms with van der Waals surface area (Å²) in [7, 11) is -3.16. The molecule has 0 saturated carbocycles. The van der Waals surface area contributed by atoms with E-state index < -0.39 is 21.7 Å². The van der Waals surface area contributed by atoms with E-state index in [2.05, 4.69) is 15.5 Å². The van der Waals surface area contributed by atoms with Gasteiger partial charge in [-0.2, -0.15) is 4.98 Å². The highest BCUT2D eigenvalue weighted by Gasteiger charge is 2.33. The molecule has 1 fully saturated rings. The quantitative estimate of drug-likeness (QED) is 0.505. The number of carbonyl (C=O) groups excluding carboxylic acids is 3. The van der Waals surface area contributed by atoms with Crippen molar-refractivity contribution in [3.63, 3.8) is 0 Å². The number of nitrogens with zero attached hydrogens (tertiary/aromatic N) is 4. The number of benzene rings is 2. The lowest BCUT2D eigenvalue weighted by atomic mass is 10.0. The normalized spacial score (nSPS) is 16.6. The fourth-order valence-corrected chi connectivity index (χ4v) is 6.35. The molecule has 0 unspecified atom stereocenters. The van der Waals surface area contributed by atoms with Crippen LogP contribution in [0, 0.1) is 5.92 Å². The Hall–Kier alpha value is -4.06. The molecule has 0 aliphatic carbocycles. The number of amides is 3. The van der Waals surface area contributed by atoms with E-state index in [1.54, 1.807) is 41.3 Å². The average molecular weight is 538 g/mol. The number of nitrogens with one attached hydrogen (secondary N) is 1. The van der Waals surface area contributed by atoms with Crippen molar-refractivity contribution in [1.82, 2.24) is 10.1 Å². The van der Waals surface area contributed by atoms with Crippen LogP contribution in [0.1, 0.15) is 25.3 Å². The summed E-state index contributed by atoms with van der Waals surface area (Å²) < 4.78 is 28.6. The molecule has 0 radical (unpaired) electrons. The molecular formula is C26H27N5O6S. The number of aromatic nitrogens is 2. The molecule has 38 heavy (non-hydrogen) atoms. The highest BCUT2D eigenvalue weighted by molar-refractivity contribution is 7.91. The van der Waals surface area contributed by atoms with Gasteiger partial charge in [0.05, 0.1) is 11.5 Å². The van der Waals surface area contributed by atoms with Gasteiger partial charge in [0, 0.05) is 42.0 Å². The summed E-state index contributed by atoms with van der Waals surface area (Å²) in [4.78, 5) is 45.9. The molecule has 0 atom stereocenters. The fraction of sp³-hybridized carbons (Fsp3) is 0.346. The third-order valence-electron chi connectivity index (χ3n) is 6.92. The van der Waals surface area contributed by atoms with Crippen LogP contribution in [0.25, 0.3) is 11.4 Å². The SMILES string of the molecule is CC(=O)N1CCc2ccc(N(CC(=O)Nc3ccc(-c4ncon4)cc3)C(=O)C3CCS(=O)(=O)CC3)cc21. The summed E-state index contributed by atoms with van der Waals surface area (Å²) in [6, 6.07) is 12.3. The highest BCUT2D eigenvalue weighted by atomic mass is 32.2. The van der Waals surface area contributed by atoms with Gasteiger partial charge in [-0.15, -0.1) is 0 Å². The molecule has 12 heteroatoms. The van der Waals surface area contributed by atoms with Crippen LogP contribution in [-0.4, -0.2) is 60.9 Å². The van der Waals surface area contributed by atoms with Crippen molar-refractivity contribution in [3.05, 3.63) is 54.4 Å². The minimum Gasteiger partial charge on any atom is -0.342 e. The van der Waals surface area contributed by atoms with Crippen molar-refractivity contribution in [2.24, 2.45) is 5.92 Å². The molecule has 2 aromatic carbocycles. The molecule has 1 N–H and O–H groups in total. The van der Waals surface area contributed by atoms with Crippen molar-refractivity contribution >= 4 is 44.6 Å². The van der Waals surface area contributed by atoms with E-state index in [1.807, 2.05) is 6.07 Å². The Balaban J connectivity index is 1.37. The number of anilines is 3. The van der Waals surface area contributed by atoms with Crippen molar-refractivity contribution < 1.29 is 27.3 Å². The summed E-state index contributed by atoms with van der Waals surface area (Å²) in [6.07, 6.45) is 2.36. The molecule has 3 heterocycles. The van der Waals surface area contributed by atoms with E-state index in [4.69, 9.17) is 4.52 Å². The Kier molecular flexibility index (Phi) is 6.98. The van der Waals surface area contributed by atoms with Crippen molar-refractivity contribution in [1.29, 1.82) is 0 Å². The lowest BCUT2D eigenvalue weighted by molar-refractivity contribution is -0.124. The zero-order chi connectivity index (χ0) is 26.9. The van der Waals surface area contributed by atoms with E-state index in [9.17, 15) is 22.8 Å². The van der Waals surface area contributed by atoms with Gasteiger partial charge in [-0.1, -0.05) is 11.2 Å². The van der Waals surface area contributed by atoms with E-state index >= 15 is 0 Å². The van der Waals surface area contributed by atoms with Crippen LogP contribution in [0.2, 0.25) is 0 Å². The lowest BCUT2D eigenvalue weighted by Gasteiger charge is -2.29. The third-order valence-corrected chi connectivity index (χ3v) is 8.63. The van der Waals surface area contributed by atoms with Crippen LogP contribution in [0.15, 0.2) is 53.4 Å². The molecule has 3 aromatic rings. The molecule has 2 aliphatic rings. The van der Waals surface area contributed by atoms with Gasteiger partial charge >= 0.3 is 0 Å². The van der Waals surface area contributed by atoms with Gasteiger partial charge in [0.25, 0.3) is 0 Å². The van der Waals surface area contributed by atoms with Gasteiger partial charge < -0.3 is 19.6 Å². The number of hydrogen-bond donors (Lipinski definition) is 1. The molecule has 198 valence electrons. The molecule has 1 saturated heterocycles. The number of hydrogen-bond acceptors (Lipinski definition) is 8. The van der Waals surface area contributed by atoms with E-state index in [1.165, 1.54) is 18.2 Å². The van der Waals surface area contributed by atoms with Crippen LogP contribution in [0.4, 0.5) is 17.1 Å². The van der Waals surface area contributed by atoms with Gasteiger partial charge in [-0.05, 0) is 61.2 Å². The number of fused-ring (bicyclic) bond motifs is 1. The van der Waals surface area contributed by atoms with Crippen LogP contribution >= 0.6 is 0 Å². The zero-order valence-electron chi connectivity index (χ0n) is 20.8. The van der Waals surface area contributed by atoms with Crippen molar-refractivity contribution in [2.75, 3.05) is 39.7 Å². The number of rotatable bonds is 6. The van der Waals surface area contributed by atoms with E-state index in [-0.39, 0.29) is 42.7 Å². The van der Waals surface area contributed by atoms with Crippen LogP contribution in [0.3, 0.4) is 0 Å². The van der Waals surface area contributed by atoms with Crippen LogP contribution in [-0.2, 0) is 30.6 Å². The number of sulfone groups is 1. The van der Waals surface area contributed by atoms with Crippen molar-refractivity contribution in [2.45, 2.75) is 26.2 Å². The summed E-state index contributed by atoms with van der Waals surface area (Å²) in [5.41, 5.74) is 3.43. The Morgan fingerprint density at radius 2 is 1.84 bits per heavy atom. The Morgan fingerprint density at radius 1 is 1.11 bits per heavy atom. The second-order valence-electron chi connectivity index (χ2n) is 9.46. The maximum absolute atomic E-state index is 13.6. The summed E-state index contributed by atoms with van der Waals surface area (Å²) in [5.74, 6) is -1.04. The summed E-state index contributed by atoms with van der Waals surface area (Å²) >= 11 is 0. The third kappa shape index (κ3) is 5.44. The predicted octanol–water partition coefficient (Wildman–Crippen LogP) is 2.44. The van der Waals surface area contributed by atoms with Gasteiger partial charge in [-0.3, -0.25) is 14.4 Å². The minimum atomic E-state index is -3.16. The molecule has 3 amide bonds. The largest absolute Gasteiger partial charge is 0.342 e. The maximum atomic E-state index is 13.6. The first kappa shape index (κ1) is 25.6. The average Bonchev–Trinajstić information content (AvgIpc) is 3.57. The molecule has 0 spiro atoms. The van der Waals surface area contributed by atoms with Gasteiger partial charge in [0.15, 0.2) is 0 Å². The molecule has 1 aromatic heterocycles. The van der Waals surface area contributed by atoms with Gasteiger partial charge in [0.1, 0.15) is 16.4 Å². The minimum absolute atomic E-state index is 0.0571. The van der Waals surface area contributed by atoms with Crippen LogP contribution < -0.4 is 15.1 Å². The second-order valence-corrected chi connectivity index (χ2v) is 11.8. The Morgan fingerprint density at radius 3 is 2.50 bits per heavy atom. The van der Waals surface area contributed by atoms with Gasteiger partial charge in [0.2, 0.25) is 29.9 Å². The second kappa shape index (κ2) is 10.4. The molecular weight excluding hydrogens is 510 g/mol. The van der Waals surface area contributed by atoms with E-state index in [0.29, 0.717) is 35.7 Å². The smallest absolute Gasteiger partial charge is 0.244 e. The van der Waals surface area contributed by atoms with Crippen molar-refractivity contribution in [3.8, 4) is 11.4 Å². The first-order valence-electron chi connectivity index (χ1n) is 12.3. The predicted molar refractivity (Wildman–Crippen MR) is 140 cm³/mol. The highest BCUT2D eigenvalue weighted by Crippen LogP contribution is 2.34. The molecule has 11 nitrogen and oxygen atoms in total. The zero-order valence-corrected chi connectivity index (χ0v) is 21.6. The van der Waals surface area contributed by atoms with E-state index in [0.717, 1.165) is 11.3 Å². The summed E-state index contributed by atoms with van der Waals surface area (Å²) in [6.45, 7) is 1.78. The monoisotopic (exact) mass is 537 g/mol. The fourth-order valence-electron chi connectivity index (χ4n) is 4.86. The first-order chi connectivity index (χ1) is 18.2. The maximum Gasteiger partial charge on any atom is 0.244 e. The number of carbonyl (C=O) groups is 3. The standard InChI is InChI=1S/C26H27N5O6S/c1-17(32)30-11-8-18-4-7-22(14-23(18)30)31(26(34)20-9-12-38(35,36)13-10-20)15-24(33)28-21-5-2-19(3-6-21)25-27-16-37-29-25/h2-7,14,16,20H,8-13,15H2,1H3,(H,28,33).